The lowest BCUT2D eigenvalue weighted by molar-refractivity contribution is 0.0923. The Bertz CT molecular complexity index is 397. The van der Waals surface area contributed by atoms with Crippen molar-refractivity contribution in [2.24, 2.45) is 0 Å². The predicted octanol–water partition coefficient (Wildman–Crippen LogP) is 4.09. The molecular formula is C14H19Br2NO. The molecule has 18 heavy (non-hydrogen) atoms. The zero-order chi connectivity index (χ0) is 13.8. The van der Waals surface area contributed by atoms with Gasteiger partial charge in [-0.2, -0.15) is 0 Å². The summed E-state index contributed by atoms with van der Waals surface area (Å²) < 4.78 is 0. The molecule has 0 atom stereocenters. The predicted molar refractivity (Wildman–Crippen MR) is 84.0 cm³/mol. The fourth-order valence-electron chi connectivity index (χ4n) is 1.47. The Balaban J connectivity index is 2.79. The van der Waals surface area contributed by atoms with Gasteiger partial charge in [0.05, 0.1) is 5.54 Å². The van der Waals surface area contributed by atoms with Crippen molar-refractivity contribution in [2.75, 3.05) is 10.7 Å². The molecule has 0 spiro atoms. The molecule has 1 N–H and O–H groups in total. The van der Waals surface area contributed by atoms with Gasteiger partial charge in [0.2, 0.25) is 0 Å². The highest BCUT2D eigenvalue weighted by Crippen LogP contribution is 2.16. The van der Waals surface area contributed by atoms with Gasteiger partial charge in [-0.05, 0) is 30.5 Å². The first-order chi connectivity index (χ1) is 8.41. The molecule has 0 saturated carbocycles. The number of nitrogens with one attached hydrogen (secondary N) is 1. The molecule has 1 rings (SSSR count). The molecule has 0 aliphatic rings. The number of carbonyl (C=O) groups is 1. The summed E-state index contributed by atoms with van der Waals surface area (Å²) in [4.78, 5) is 12.1. The fraction of sp³-hybridized carbons (Fsp3) is 0.500. The molecular weight excluding hydrogens is 358 g/mol. The first-order valence-electron chi connectivity index (χ1n) is 5.96. The lowest BCUT2D eigenvalue weighted by Crippen LogP contribution is -2.48. The van der Waals surface area contributed by atoms with E-state index >= 15 is 0 Å². The van der Waals surface area contributed by atoms with Crippen LogP contribution in [0.3, 0.4) is 0 Å². The van der Waals surface area contributed by atoms with E-state index in [1.54, 1.807) is 0 Å². The van der Waals surface area contributed by atoms with E-state index in [9.17, 15) is 4.79 Å². The average molecular weight is 377 g/mol. The summed E-state index contributed by atoms with van der Waals surface area (Å²) in [5.74, 6) is 0.448. The summed E-state index contributed by atoms with van der Waals surface area (Å²) in [5.41, 5.74) is 1.68. The third-order valence-corrected chi connectivity index (χ3v) is 5.32. The van der Waals surface area contributed by atoms with Crippen LogP contribution in [0.1, 0.15) is 42.6 Å². The van der Waals surface area contributed by atoms with Gasteiger partial charge in [0, 0.05) is 16.2 Å². The highest BCUT2D eigenvalue weighted by atomic mass is 79.9. The molecule has 0 fully saturated rings. The second-order valence-electron chi connectivity index (χ2n) is 5.06. The lowest BCUT2D eigenvalue weighted by Gasteiger charge is -2.26. The van der Waals surface area contributed by atoms with E-state index in [1.807, 2.05) is 31.2 Å². The van der Waals surface area contributed by atoms with Crippen molar-refractivity contribution in [3.63, 3.8) is 0 Å². The third kappa shape index (κ3) is 4.09. The second kappa shape index (κ2) is 6.71. The normalized spacial score (nSPS) is 11.7. The Morgan fingerprint density at radius 1 is 1.22 bits per heavy atom. The minimum Gasteiger partial charge on any atom is -0.345 e. The van der Waals surface area contributed by atoms with Crippen molar-refractivity contribution < 1.29 is 4.79 Å². The fourth-order valence-corrected chi connectivity index (χ4v) is 2.68. The molecule has 100 valence electrons. The van der Waals surface area contributed by atoms with Crippen LogP contribution in [0.15, 0.2) is 24.3 Å². The van der Waals surface area contributed by atoms with E-state index in [2.05, 4.69) is 51.0 Å². The first kappa shape index (κ1) is 15.7. The molecule has 0 radical (unpaired) electrons. The lowest BCUT2D eigenvalue weighted by atomic mass is 10.0. The molecule has 2 nitrogen and oxygen atoms in total. The molecule has 0 heterocycles. The maximum atomic E-state index is 12.1. The van der Waals surface area contributed by atoms with Crippen LogP contribution in [0.4, 0.5) is 0 Å². The van der Waals surface area contributed by atoms with Gasteiger partial charge in [0.25, 0.3) is 5.91 Å². The van der Waals surface area contributed by atoms with Gasteiger partial charge in [-0.15, -0.1) is 0 Å². The highest BCUT2D eigenvalue weighted by molar-refractivity contribution is 9.09. The summed E-state index contributed by atoms with van der Waals surface area (Å²) in [6.07, 6.45) is 0. The Hall–Kier alpha value is -0.350. The quantitative estimate of drug-likeness (QED) is 0.770. The Morgan fingerprint density at radius 2 is 1.72 bits per heavy atom. The number of benzene rings is 1. The van der Waals surface area contributed by atoms with Crippen LogP contribution in [-0.4, -0.2) is 22.1 Å². The Morgan fingerprint density at radius 3 is 2.11 bits per heavy atom. The number of alkyl halides is 2. The highest BCUT2D eigenvalue weighted by Gasteiger charge is 2.24. The smallest absolute Gasteiger partial charge is 0.251 e. The van der Waals surface area contributed by atoms with Crippen LogP contribution < -0.4 is 5.32 Å². The summed E-state index contributed by atoms with van der Waals surface area (Å²) in [6.45, 7) is 6.28. The Kier molecular flexibility index (Phi) is 5.86. The topological polar surface area (TPSA) is 29.1 Å². The van der Waals surface area contributed by atoms with Gasteiger partial charge in [0.1, 0.15) is 0 Å². The zero-order valence-corrected chi connectivity index (χ0v) is 14.1. The standard InChI is InChI=1S/C14H19Br2NO/c1-10(2)11-4-6-12(7-5-11)13(18)17-14(3,8-15)9-16/h4-7,10H,8-9H2,1-3H3,(H,17,18). The van der Waals surface area contributed by atoms with E-state index in [1.165, 1.54) is 5.56 Å². The van der Waals surface area contributed by atoms with Gasteiger partial charge in [-0.1, -0.05) is 57.8 Å². The van der Waals surface area contributed by atoms with Gasteiger partial charge < -0.3 is 5.32 Å². The van der Waals surface area contributed by atoms with Gasteiger partial charge in [0.15, 0.2) is 0 Å². The summed E-state index contributed by atoms with van der Waals surface area (Å²) in [5, 5.41) is 4.44. The van der Waals surface area contributed by atoms with Crippen LogP contribution in [0.5, 0.6) is 0 Å². The van der Waals surface area contributed by atoms with Crippen molar-refractivity contribution in [2.45, 2.75) is 32.2 Å². The van der Waals surface area contributed by atoms with E-state index in [0.717, 1.165) is 0 Å². The Labute approximate surface area is 126 Å². The summed E-state index contributed by atoms with van der Waals surface area (Å²) in [7, 11) is 0. The maximum Gasteiger partial charge on any atom is 0.251 e. The minimum atomic E-state index is -0.270. The molecule has 1 amide bonds. The van der Waals surface area contributed by atoms with E-state index in [0.29, 0.717) is 22.1 Å². The van der Waals surface area contributed by atoms with Crippen LogP contribution in [-0.2, 0) is 0 Å². The SMILES string of the molecule is CC(C)c1ccc(C(=O)NC(C)(CBr)CBr)cc1. The van der Waals surface area contributed by atoms with Crippen LogP contribution >= 0.6 is 31.9 Å². The molecule has 0 unspecified atom stereocenters. The van der Waals surface area contributed by atoms with Crippen molar-refractivity contribution in [3.05, 3.63) is 35.4 Å². The van der Waals surface area contributed by atoms with Crippen LogP contribution in [0.2, 0.25) is 0 Å². The monoisotopic (exact) mass is 375 g/mol. The molecule has 0 aromatic heterocycles. The minimum absolute atomic E-state index is 0.0355. The molecule has 1 aromatic carbocycles. The number of amides is 1. The number of hydrogen-bond acceptors (Lipinski definition) is 1. The number of carbonyl (C=O) groups excluding carboxylic acids is 1. The average Bonchev–Trinajstić information content (AvgIpc) is 2.38. The molecule has 0 aliphatic carbocycles. The van der Waals surface area contributed by atoms with Gasteiger partial charge in [-0.3, -0.25) is 4.79 Å². The molecule has 0 saturated heterocycles. The zero-order valence-electron chi connectivity index (χ0n) is 11.0. The van der Waals surface area contributed by atoms with E-state index in [-0.39, 0.29) is 11.4 Å². The van der Waals surface area contributed by atoms with Crippen molar-refractivity contribution in [3.8, 4) is 0 Å². The van der Waals surface area contributed by atoms with E-state index < -0.39 is 0 Å². The maximum absolute atomic E-state index is 12.1. The largest absolute Gasteiger partial charge is 0.345 e. The van der Waals surface area contributed by atoms with Crippen molar-refractivity contribution >= 4 is 37.8 Å². The summed E-state index contributed by atoms with van der Waals surface area (Å²) >= 11 is 6.84. The molecule has 0 aliphatic heterocycles. The van der Waals surface area contributed by atoms with Crippen LogP contribution in [0, 0.1) is 0 Å². The second-order valence-corrected chi connectivity index (χ2v) is 6.18. The van der Waals surface area contributed by atoms with Crippen LogP contribution in [0.25, 0.3) is 0 Å². The van der Waals surface area contributed by atoms with Gasteiger partial charge >= 0.3 is 0 Å². The molecule has 1 aromatic rings. The number of halogens is 2. The van der Waals surface area contributed by atoms with E-state index in [4.69, 9.17) is 0 Å². The molecule has 4 heteroatoms. The summed E-state index contributed by atoms with van der Waals surface area (Å²) in [6, 6.07) is 7.79. The van der Waals surface area contributed by atoms with Crippen molar-refractivity contribution in [1.82, 2.24) is 5.32 Å². The van der Waals surface area contributed by atoms with Crippen molar-refractivity contribution in [1.29, 1.82) is 0 Å². The number of rotatable bonds is 5. The molecule has 0 bridgehead atoms. The first-order valence-corrected chi connectivity index (χ1v) is 8.20. The number of hydrogen-bond donors (Lipinski definition) is 1. The van der Waals surface area contributed by atoms with Gasteiger partial charge in [-0.25, -0.2) is 0 Å². The third-order valence-electron chi connectivity index (χ3n) is 2.84.